The van der Waals surface area contributed by atoms with Gasteiger partial charge in [-0.2, -0.15) is 0 Å². The number of ether oxygens (including phenoxy) is 1. The summed E-state index contributed by atoms with van der Waals surface area (Å²) in [6.45, 7) is 4.80. The molecule has 0 saturated heterocycles. The summed E-state index contributed by atoms with van der Waals surface area (Å²) in [5.41, 5.74) is 1.09. The maximum Gasteiger partial charge on any atom is 0.130 e. The molecule has 4 heteroatoms. The van der Waals surface area contributed by atoms with Crippen molar-refractivity contribution in [2.45, 2.75) is 26.5 Å². The Balaban J connectivity index is 2.02. The van der Waals surface area contributed by atoms with Crippen LogP contribution in [0.1, 0.15) is 25.6 Å². The molecule has 0 radical (unpaired) electrons. The lowest BCUT2D eigenvalue weighted by atomic mass is 10.3. The molecule has 0 aliphatic carbocycles. The molecule has 0 saturated carbocycles. The zero-order chi connectivity index (χ0) is 12.3. The van der Waals surface area contributed by atoms with E-state index in [1.54, 1.807) is 0 Å². The minimum absolute atomic E-state index is 0.404. The number of hydrogen-bond donors (Lipinski definition) is 0. The maximum absolute atomic E-state index is 5.71. The van der Waals surface area contributed by atoms with Crippen molar-refractivity contribution in [2.24, 2.45) is 0 Å². The smallest absolute Gasteiger partial charge is 0.130 e. The third-order valence-corrected chi connectivity index (χ3v) is 3.03. The van der Waals surface area contributed by atoms with Crippen LogP contribution in [0.25, 0.3) is 0 Å². The lowest BCUT2D eigenvalue weighted by Gasteiger charge is -2.12. The minimum Gasteiger partial charge on any atom is -0.487 e. The van der Waals surface area contributed by atoms with Gasteiger partial charge in [0.25, 0.3) is 0 Å². The Hall–Kier alpha value is -1.29. The van der Waals surface area contributed by atoms with E-state index in [0.29, 0.717) is 12.6 Å². The van der Waals surface area contributed by atoms with Crippen LogP contribution < -0.4 is 4.74 Å². The van der Waals surface area contributed by atoms with Gasteiger partial charge in [0, 0.05) is 10.5 Å². The molecule has 0 atom stereocenters. The number of rotatable bonds is 4. The van der Waals surface area contributed by atoms with Gasteiger partial charge in [0.2, 0.25) is 0 Å². The Morgan fingerprint density at radius 2 is 2.00 bits per heavy atom. The summed E-state index contributed by atoms with van der Waals surface area (Å²) in [5.74, 6) is 0.865. The molecule has 1 aromatic carbocycles. The Bertz CT molecular complexity index is 476. The largest absolute Gasteiger partial charge is 0.487 e. The molecule has 1 aromatic heterocycles. The fraction of sp³-hybridized carbons (Fsp3) is 0.308. The van der Waals surface area contributed by atoms with Crippen molar-refractivity contribution in [1.82, 2.24) is 9.55 Å². The summed E-state index contributed by atoms with van der Waals surface area (Å²) in [6, 6.07) is 8.23. The second-order valence-corrected chi connectivity index (χ2v) is 5.04. The van der Waals surface area contributed by atoms with E-state index in [0.717, 1.165) is 15.9 Å². The summed E-state index contributed by atoms with van der Waals surface area (Å²) in [4.78, 5) is 4.15. The molecular weight excluding hydrogens is 280 g/mol. The molecule has 0 fully saturated rings. The van der Waals surface area contributed by atoms with Crippen molar-refractivity contribution in [2.75, 3.05) is 0 Å². The fourth-order valence-corrected chi connectivity index (χ4v) is 1.86. The zero-order valence-corrected chi connectivity index (χ0v) is 11.5. The summed E-state index contributed by atoms with van der Waals surface area (Å²) < 4.78 is 8.88. The molecule has 0 N–H and O–H groups in total. The summed E-state index contributed by atoms with van der Waals surface area (Å²) >= 11 is 3.40. The molecule has 0 aliphatic rings. The normalized spacial score (nSPS) is 10.8. The first-order chi connectivity index (χ1) is 8.16. The SMILES string of the molecule is CC(C)n1cncc1COc1ccc(Br)cc1. The highest BCUT2D eigenvalue weighted by Gasteiger charge is 2.05. The number of nitrogens with zero attached hydrogens (tertiary/aromatic N) is 2. The number of aromatic nitrogens is 2. The Kier molecular flexibility index (Phi) is 3.84. The quantitative estimate of drug-likeness (QED) is 0.857. The number of halogens is 1. The second-order valence-electron chi connectivity index (χ2n) is 4.13. The van der Waals surface area contributed by atoms with Gasteiger partial charge in [-0.3, -0.25) is 0 Å². The highest BCUT2D eigenvalue weighted by molar-refractivity contribution is 9.10. The molecule has 0 aliphatic heterocycles. The second kappa shape index (κ2) is 5.36. The number of hydrogen-bond acceptors (Lipinski definition) is 2. The van der Waals surface area contributed by atoms with Crippen LogP contribution >= 0.6 is 15.9 Å². The van der Waals surface area contributed by atoms with Crippen LogP contribution in [0.2, 0.25) is 0 Å². The first-order valence-electron chi connectivity index (χ1n) is 5.56. The standard InChI is InChI=1S/C13H15BrN2O/c1-10(2)16-9-15-7-12(16)8-17-13-5-3-11(14)4-6-13/h3-7,9-10H,8H2,1-2H3. The molecule has 0 bridgehead atoms. The van der Waals surface area contributed by atoms with Gasteiger partial charge in [0.05, 0.1) is 18.2 Å². The molecule has 17 heavy (non-hydrogen) atoms. The van der Waals surface area contributed by atoms with Crippen LogP contribution in [-0.2, 0) is 6.61 Å². The van der Waals surface area contributed by atoms with Gasteiger partial charge in [-0.25, -0.2) is 4.98 Å². The van der Waals surface area contributed by atoms with Crippen LogP contribution in [0.5, 0.6) is 5.75 Å². The van der Waals surface area contributed by atoms with E-state index in [1.165, 1.54) is 0 Å². The summed E-state index contributed by atoms with van der Waals surface area (Å²) in [6.07, 6.45) is 3.68. The molecule has 3 nitrogen and oxygen atoms in total. The van der Waals surface area contributed by atoms with Crippen LogP contribution in [0, 0.1) is 0 Å². The monoisotopic (exact) mass is 294 g/mol. The average molecular weight is 295 g/mol. The minimum atomic E-state index is 0.404. The zero-order valence-electron chi connectivity index (χ0n) is 9.93. The molecule has 0 spiro atoms. The highest BCUT2D eigenvalue weighted by Crippen LogP contribution is 2.18. The van der Waals surface area contributed by atoms with Crippen molar-refractivity contribution in [3.63, 3.8) is 0 Å². The van der Waals surface area contributed by atoms with E-state index in [9.17, 15) is 0 Å². The average Bonchev–Trinajstić information content (AvgIpc) is 2.76. The van der Waals surface area contributed by atoms with Gasteiger partial charge in [-0.15, -0.1) is 0 Å². The molecular formula is C13H15BrN2O. The van der Waals surface area contributed by atoms with Crippen LogP contribution in [0.4, 0.5) is 0 Å². The van der Waals surface area contributed by atoms with Gasteiger partial charge in [0.15, 0.2) is 0 Å². The summed E-state index contributed by atoms with van der Waals surface area (Å²) in [5, 5.41) is 0. The molecule has 0 amide bonds. The first kappa shape index (κ1) is 12.2. The van der Waals surface area contributed by atoms with Gasteiger partial charge in [0.1, 0.15) is 12.4 Å². The molecule has 2 aromatic rings. The third-order valence-electron chi connectivity index (χ3n) is 2.50. The van der Waals surface area contributed by atoms with Crippen LogP contribution in [0.3, 0.4) is 0 Å². The lowest BCUT2D eigenvalue weighted by molar-refractivity contribution is 0.292. The van der Waals surface area contributed by atoms with Crippen molar-refractivity contribution in [3.8, 4) is 5.75 Å². The summed E-state index contributed by atoms with van der Waals surface area (Å²) in [7, 11) is 0. The van der Waals surface area contributed by atoms with Crippen molar-refractivity contribution in [3.05, 3.63) is 47.0 Å². The number of benzene rings is 1. The van der Waals surface area contributed by atoms with Gasteiger partial charge >= 0.3 is 0 Å². The molecule has 2 rings (SSSR count). The Morgan fingerprint density at radius 1 is 1.29 bits per heavy atom. The molecule has 0 unspecified atom stereocenters. The predicted molar refractivity (Wildman–Crippen MR) is 71.1 cm³/mol. The number of imidazole rings is 1. The third kappa shape index (κ3) is 3.09. The van der Waals surface area contributed by atoms with Crippen molar-refractivity contribution >= 4 is 15.9 Å². The lowest BCUT2D eigenvalue weighted by Crippen LogP contribution is -2.07. The van der Waals surface area contributed by atoms with E-state index in [-0.39, 0.29) is 0 Å². The topological polar surface area (TPSA) is 27.1 Å². The van der Waals surface area contributed by atoms with E-state index in [1.807, 2.05) is 36.8 Å². The van der Waals surface area contributed by atoms with Crippen molar-refractivity contribution in [1.29, 1.82) is 0 Å². The van der Waals surface area contributed by atoms with E-state index in [2.05, 4.69) is 39.3 Å². The first-order valence-corrected chi connectivity index (χ1v) is 6.35. The van der Waals surface area contributed by atoms with E-state index in [4.69, 9.17) is 4.74 Å². The highest BCUT2D eigenvalue weighted by atomic mass is 79.9. The van der Waals surface area contributed by atoms with Gasteiger partial charge in [-0.1, -0.05) is 15.9 Å². The van der Waals surface area contributed by atoms with Crippen LogP contribution in [-0.4, -0.2) is 9.55 Å². The fourth-order valence-electron chi connectivity index (χ4n) is 1.60. The van der Waals surface area contributed by atoms with Crippen LogP contribution in [0.15, 0.2) is 41.3 Å². The maximum atomic E-state index is 5.71. The van der Waals surface area contributed by atoms with Gasteiger partial charge < -0.3 is 9.30 Å². The molecule has 90 valence electrons. The molecule has 1 heterocycles. The van der Waals surface area contributed by atoms with Crippen molar-refractivity contribution < 1.29 is 4.74 Å². The Labute approximate surface area is 110 Å². The van der Waals surface area contributed by atoms with Gasteiger partial charge in [-0.05, 0) is 38.1 Å². The van der Waals surface area contributed by atoms with E-state index >= 15 is 0 Å². The van der Waals surface area contributed by atoms with E-state index < -0.39 is 0 Å². The Morgan fingerprint density at radius 3 is 2.65 bits per heavy atom. The predicted octanol–water partition coefficient (Wildman–Crippen LogP) is 3.81.